The van der Waals surface area contributed by atoms with Crippen LogP contribution in [0, 0.1) is 11.7 Å². The maximum Gasteiger partial charge on any atom is 0.410 e. The Morgan fingerprint density at radius 3 is 2.83 bits per heavy atom. The number of benzene rings is 1. The van der Waals surface area contributed by atoms with Crippen LogP contribution in [0.2, 0.25) is 0 Å². The van der Waals surface area contributed by atoms with E-state index in [1.54, 1.807) is 11.0 Å². The average Bonchev–Trinajstić information content (AvgIpc) is 2.90. The van der Waals surface area contributed by atoms with Gasteiger partial charge in [0.15, 0.2) is 0 Å². The van der Waals surface area contributed by atoms with Crippen LogP contribution in [0.4, 0.5) is 9.18 Å². The molecule has 1 aliphatic rings. The van der Waals surface area contributed by atoms with Gasteiger partial charge in [-0.3, -0.25) is 0 Å². The van der Waals surface area contributed by atoms with E-state index in [0.717, 1.165) is 6.42 Å². The van der Waals surface area contributed by atoms with Gasteiger partial charge in [0.25, 0.3) is 0 Å². The highest BCUT2D eigenvalue weighted by Crippen LogP contribution is 2.24. The van der Waals surface area contributed by atoms with Crippen molar-refractivity contribution in [3.8, 4) is 0 Å². The Labute approximate surface area is 145 Å². The number of likely N-dealkylation sites (tertiary alicyclic amines) is 1. The first-order chi connectivity index (χ1) is 10.7. The highest BCUT2D eigenvalue weighted by atomic mass is 79.9. The molecule has 0 aliphatic carbocycles. The molecule has 23 heavy (non-hydrogen) atoms. The number of carbonyl (C=O) groups is 1. The lowest BCUT2D eigenvalue weighted by atomic mass is 9.93. The number of hydrogen-bond acceptors (Lipinski definition) is 3. The van der Waals surface area contributed by atoms with Crippen LogP contribution in [0.1, 0.15) is 32.8 Å². The second-order valence-corrected chi connectivity index (χ2v) is 7.99. The van der Waals surface area contributed by atoms with Gasteiger partial charge < -0.3 is 15.4 Å². The van der Waals surface area contributed by atoms with Gasteiger partial charge in [0.05, 0.1) is 0 Å². The van der Waals surface area contributed by atoms with Crippen molar-refractivity contribution in [3.05, 3.63) is 34.1 Å². The van der Waals surface area contributed by atoms with Gasteiger partial charge in [-0.2, -0.15) is 0 Å². The average molecular weight is 387 g/mol. The molecule has 4 nitrogen and oxygen atoms in total. The van der Waals surface area contributed by atoms with Gasteiger partial charge in [0, 0.05) is 23.6 Å². The minimum Gasteiger partial charge on any atom is -0.444 e. The topological polar surface area (TPSA) is 55.6 Å². The van der Waals surface area contributed by atoms with E-state index in [-0.39, 0.29) is 23.9 Å². The quantitative estimate of drug-likeness (QED) is 0.860. The van der Waals surface area contributed by atoms with Gasteiger partial charge in [0.2, 0.25) is 0 Å². The van der Waals surface area contributed by atoms with E-state index >= 15 is 0 Å². The molecule has 0 spiro atoms. The van der Waals surface area contributed by atoms with Crippen molar-refractivity contribution in [1.29, 1.82) is 0 Å². The molecule has 2 rings (SSSR count). The molecule has 0 aromatic heterocycles. The summed E-state index contributed by atoms with van der Waals surface area (Å²) in [6.45, 7) is 6.74. The minimum atomic E-state index is -0.502. The Bertz CT molecular complexity index is 574. The van der Waals surface area contributed by atoms with Crippen molar-refractivity contribution in [2.45, 2.75) is 45.3 Å². The predicted octanol–water partition coefficient (Wildman–Crippen LogP) is 3.72. The number of amides is 1. The van der Waals surface area contributed by atoms with Gasteiger partial charge in [-0.15, -0.1) is 0 Å². The molecule has 1 heterocycles. The molecule has 1 fully saturated rings. The smallest absolute Gasteiger partial charge is 0.410 e. The monoisotopic (exact) mass is 386 g/mol. The van der Waals surface area contributed by atoms with Gasteiger partial charge in [-0.1, -0.05) is 22.0 Å². The van der Waals surface area contributed by atoms with Crippen molar-refractivity contribution in [3.63, 3.8) is 0 Å². The molecular formula is C17H24BrFN2O2. The standard InChI is InChI=1S/C17H24BrFN2O2/c1-17(2,3)23-16(22)21-7-6-12(10-21)15(20)8-11-4-5-13(18)9-14(11)19/h4-5,9,12,15H,6-8,10,20H2,1-3H3. The van der Waals surface area contributed by atoms with Crippen LogP contribution in [-0.4, -0.2) is 35.7 Å². The third-order valence-electron chi connectivity index (χ3n) is 3.95. The first-order valence-electron chi connectivity index (χ1n) is 7.83. The fourth-order valence-electron chi connectivity index (χ4n) is 2.74. The van der Waals surface area contributed by atoms with Crippen molar-refractivity contribution in [1.82, 2.24) is 4.90 Å². The lowest BCUT2D eigenvalue weighted by molar-refractivity contribution is 0.0286. The Morgan fingerprint density at radius 1 is 1.52 bits per heavy atom. The van der Waals surface area contributed by atoms with Crippen LogP contribution in [0.15, 0.2) is 22.7 Å². The van der Waals surface area contributed by atoms with Crippen LogP contribution in [0.3, 0.4) is 0 Å². The molecule has 0 radical (unpaired) electrons. The number of nitrogens with zero attached hydrogens (tertiary/aromatic N) is 1. The lowest BCUT2D eigenvalue weighted by Crippen LogP contribution is -2.38. The second kappa shape index (κ2) is 7.18. The molecule has 128 valence electrons. The Kier molecular flexibility index (Phi) is 5.68. The predicted molar refractivity (Wildman–Crippen MR) is 91.7 cm³/mol. The Hall–Kier alpha value is -1.14. The van der Waals surface area contributed by atoms with Crippen molar-refractivity contribution < 1.29 is 13.9 Å². The Morgan fingerprint density at radius 2 is 2.22 bits per heavy atom. The van der Waals surface area contributed by atoms with Crippen LogP contribution in [0.5, 0.6) is 0 Å². The highest BCUT2D eigenvalue weighted by Gasteiger charge is 2.32. The minimum absolute atomic E-state index is 0.158. The van der Waals surface area contributed by atoms with Gasteiger partial charge in [-0.05, 0) is 57.2 Å². The molecular weight excluding hydrogens is 363 g/mol. The van der Waals surface area contributed by atoms with E-state index < -0.39 is 5.60 Å². The van der Waals surface area contributed by atoms with E-state index in [9.17, 15) is 9.18 Å². The summed E-state index contributed by atoms with van der Waals surface area (Å²) in [5.74, 6) is -0.0950. The van der Waals surface area contributed by atoms with Crippen LogP contribution in [0.25, 0.3) is 0 Å². The van der Waals surface area contributed by atoms with Crippen molar-refractivity contribution >= 4 is 22.0 Å². The third kappa shape index (κ3) is 5.18. The molecule has 1 amide bonds. The lowest BCUT2D eigenvalue weighted by Gasteiger charge is -2.25. The second-order valence-electron chi connectivity index (χ2n) is 7.08. The van der Waals surface area contributed by atoms with E-state index in [0.29, 0.717) is 29.5 Å². The van der Waals surface area contributed by atoms with E-state index in [4.69, 9.17) is 10.5 Å². The van der Waals surface area contributed by atoms with Crippen LogP contribution in [-0.2, 0) is 11.2 Å². The summed E-state index contributed by atoms with van der Waals surface area (Å²) < 4.78 is 20.0. The van der Waals surface area contributed by atoms with Crippen LogP contribution < -0.4 is 5.73 Å². The number of hydrogen-bond donors (Lipinski definition) is 1. The molecule has 2 unspecified atom stereocenters. The summed E-state index contributed by atoms with van der Waals surface area (Å²) in [6, 6.07) is 4.83. The SMILES string of the molecule is CC(C)(C)OC(=O)N1CCC(C(N)Cc2ccc(Br)cc2F)C1. The van der Waals surface area contributed by atoms with Crippen LogP contribution >= 0.6 is 15.9 Å². The third-order valence-corrected chi connectivity index (χ3v) is 4.45. The first-order valence-corrected chi connectivity index (χ1v) is 8.62. The van der Waals surface area contributed by atoms with E-state index in [1.165, 1.54) is 6.07 Å². The summed E-state index contributed by atoms with van der Waals surface area (Å²) in [7, 11) is 0. The largest absolute Gasteiger partial charge is 0.444 e. The molecule has 1 aliphatic heterocycles. The van der Waals surface area contributed by atoms with Gasteiger partial charge in [-0.25, -0.2) is 9.18 Å². The van der Waals surface area contributed by atoms with Crippen molar-refractivity contribution in [2.75, 3.05) is 13.1 Å². The molecule has 6 heteroatoms. The molecule has 1 aromatic rings. The maximum absolute atomic E-state index is 13.9. The number of nitrogens with two attached hydrogens (primary N) is 1. The number of ether oxygens (including phenoxy) is 1. The normalized spacial score (nSPS) is 19.7. The summed E-state index contributed by atoms with van der Waals surface area (Å²) >= 11 is 3.25. The summed E-state index contributed by atoms with van der Waals surface area (Å²) in [5.41, 5.74) is 6.36. The molecule has 1 saturated heterocycles. The fraction of sp³-hybridized carbons (Fsp3) is 0.588. The summed E-state index contributed by atoms with van der Waals surface area (Å²) in [5, 5.41) is 0. The molecule has 0 saturated carbocycles. The maximum atomic E-state index is 13.9. The zero-order valence-corrected chi connectivity index (χ0v) is 15.4. The zero-order chi connectivity index (χ0) is 17.2. The van der Waals surface area contributed by atoms with E-state index in [2.05, 4.69) is 15.9 Å². The number of carbonyl (C=O) groups excluding carboxylic acids is 1. The molecule has 2 atom stereocenters. The highest BCUT2D eigenvalue weighted by molar-refractivity contribution is 9.10. The molecule has 1 aromatic carbocycles. The summed E-state index contributed by atoms with van der Waals surface area (Å²) in [6.07, 6.45) is 0.979. The van der Waals surface area contributed by atoms with Crippen molar-refractivity contribution in [2.24, 2.45) is 11.7 Å². The number of rotatable bonds is 3. The first kappa shape index (κ1) is 18.2. The summed E-state index contributed by atoms with van der Waals surface area (Å²) in [4.78, 5) is 13.8. The van der Waals surface area contributed by atoms with Gasteiger partial charge in [0.1, 0.15) is 11.4 Å². The molecule has 2 N–H and O–H groups in total. The van der Waals surface area contributed by atoms with E-state index in [1.807, 2.05) is 26.8 Å². The fourth-order valence-corrected chi connectivity index (χ4v) is 3.07. The van der Waals surface area contributed by atoms with Gasteiger partial charge >= 0.3 is 6.09 Å². The molecule has 0 bridgehead atoms. The number of halogens is 2. The Balaban J connectivity index is 1.92. The zero-order valence-electron chi connectivity index (χ0n) is 13.8.